The fraction of sp³-hybridized carbons (Fsp3) is 1.00. The van der Waals surface area contributed by atoms with E-state index in [9.17, 15) is 0 Å². The van der Waals surface area contributed by atoms with Crippen LogP contribution >= 0.6 is 0 Å². The number of hydrogen-bond acceptors (Lipinski definition) is 3. The van der Waals surface area contributed by atoms with Gasteiger partial charge in [0.05, 0.1) is 0 Å². The van der Waals surface area contributed by atoms with Crippen molar-refractivity contribution in [2.75, 3.05) is 13.1 Å². The highest BCUT2D eigenvalue weighted by Gasteiger charge is 2.50. The zero-order valence-corrected chi connectivity index (χ0v) is 12.2. The van der Waals surface area contributed by atoms with Gasteiger partial charge in [0.15, 0.2) is 0 Å². The molecule has 4 bridgehead atoms. The number of rotatable bonds is 7. The molecule has 4 aliphatic rings. The Labute approximate surface area is 117 Å². The molecule has 0 spiro atoms. The molecule has 4 aliphatic carbocycles. The molecule has 5 N–H and O–H groups in total. The van der Waals surface area contributed by atoms with Gasteiger partial charge in [-0.25, -0.2) is 0 Å². The summed E-state index contributed by atoms with van der Waals surface area (Å²) in [5, 5.41) is 3.90. The third kappa shape index (κ3) is 3.14. The van der Waals surface area contributed by atoms with Crippen LogP contribution in [0.1, 0.15) is 57.8 Å². The van der Waals surface area contributed by atoms with Crippen molar-refractivity contribution in [3.8, 4) is 0 Å². The minimum atomic E-state index is 0.319. The zero-order valence-electron chi connectivity index (χ0n) is 12.2. The summed E-state index contributed by atoms with van der Waals surface area (Å²) in [4.78, 5) is 0. The summed E-state index contributed by atoms with van der Waals surface area (Å²) < 4.78 is 0. The lowest BCUT2D eigenvalue weighted by Crippen LogP contribution is -2.60. The molecule has 4 rings (SSSR count). The van der Waals surface area contributed by atoms with Crippen molar-refractivity contribution in [3.05, 3.63) is 0 Å². The molecule has 4 fully saturated rings. The van der Waals surface area contributed by atoms with E-state index in [0.717, 1.165) is 43.7 Å². The van der Waals surface area contributed by atoms with Crippen molar-refractivity contribution in [1.29, 1.82) is 0 Å². The van der Waals surface area contributed by atoms with Gasteiger partial charge in [-0.1, -0.05) is 6.42 Å². The number of nitrogens with one attached hydrogen (secondary N) is 1. The quantitative estimate of drug-likeness (QED) is 0.617. The average molecular weight is 265 g/mol. The monoisotopic (exact) mass is 265 g/mol. The van der Waals surface area contributed by atoms with Gasteiger partial charge >= 0.3 is 0 Å². The standard InChI is InChI=1S/C16H31N3/c17-4-2-1-3-15(18)11-19-16-8-12-5-13(9-16)7-14(6-12)10-16/h12-15,19H,1-11,17-18H2. The Morgan fingerprint density at radius 2 is 1.58 bits per heavy atom. The average Bonchev–Trinajstić information content (AvgIpc) is 2.35. The van der Waals surface area contributed by atoms with Crippen molar-refractivity contribution in [1.82, 2.24) is 5.32 Å². The van der Waals surface area contributed by atoms with E-state index in [2.05, 4.69) is 5.32 Å². The molecule has 0 aliphatic heterocycles. The van der Waals surface area contributed by atoms with E-state index in [1.165, 1.54) is 44.9 Å². The summed E-state index contributed by atoms with van der Waals surface area (Å²) in [6.45, 7) is 1.81. The number of nitrogens with two attached hydrogens (primary N) is 2. The predicted molar refractivity (Wildman–Crippen MR) is 79.8 cm³/mol. The van der Waals surface area contributed by atoms with Crippen LogP contribution in [0.15, 0.2) is 0 Å². The van der Waals surface area contributed by atoms with Crippen LogP contribution in [0.4, 0.5) is 0 Å². The summed E-state index contributed by atoms with van der Waals surface area (Å²) in [5.74, 6) is 3.06. The molecule has 0 heterocycles. The first kappa shape index (κ1) is 13.8. The zero-order chi connectivity index (χ0) is 13.3. The van der Waals surface area contributed by atoms with Crippen LogP contribution in [0.2, 0.25) is 0 Å². The minimum Gasteiger partial charge on any atom is -0.330 e. The smallest absolute Gasteiger partial charge is 0.0190 e. The third-order valence-corrected chi connectivity index (χ3v) is 5.81. The summed E-state index contributed by atoms with van der Waals surface area (Å²) in [6, 6.07) is 0.319. The van der Waals surface area contributed by atoms with E-state index in [0.29, 0.717) is 11.6 Å². The molecule has 110 valence electrons. The maximum atomic E-state index is 6.24. The fourth-order valence-corrected chi connectivity index (χ4v) is 5.33. The Kier molecular flexibility index (Phi) is 4.16. The Hall–Kier alpha value is -0.120. The van der Waals surface area contributed by atoms with Gasteiger partial charge in [-0.3, -0.25) is 0 Å². The highest BCUT2D eigenvalue weighted by Crippen LogP contribution is 2.55. The molecule has 0 aromatic rings. The van der Waals surface area contributed by atoms with Gasteiger partial charge in [-0.2, -0.15) is 0 Å². The van der Waals surface area contributed by atoms with Crippen LogP contribution in [0.5, 0.6) is 0 Å². The Morgan fingerprint density at radius 1 is 1.00 bits per heavy atom. The van der Waals surface area contributed by atoms with Crippen LogP contribution in [0.3, 0.4) is 0 Å². The lowest BCUT2D eigenvalue weighted by Gasteiger charge is -2.57. The Bertz CT molecular complexity index is 267. The molecule has 4 saturated carbocycles. The van der Waals surface area contributed by atoms with Gasteiger partial charge in [-0.15, -0.1) is 0 Å². The molecular weight excluding hydrogens is 234 g/mol. The lowest BCUT2D eigenvalue weighted by atomic mass is 9.53. The largest absolute Gasteiger partial charge is 0.330 e. The molecule has 0 aromatic heterocycles. The highest BCUT2D eigenvalue weighted by atomic mass is 15.0. The Balaban J connectivity index is 1.47. The van der Waals surface area contributed by atoms with E-state index in [-0.39, 0.29) is 0 Å². The number of unbranched alkanes of at least 4 members (excludes halogenated alkanes) is 1. The second-order valence-electron chi connectivity index (χ2n) is 7.62. The normalized spacial score (nSPS) is 41.7. The second-order valence-corrected chi connectivity index (χ2v) is 7.62. The molecule has 1 atom stereocenters. The van der Waals surface area contributed by atoms with Crippen molar-refractivity contribution in [2.24, 2.45) is 29.2 Å². The van der Waals surface area contributed by atoms with Gasteiger partial charge < -0.3 is 16.8 Å². The molecule has 0 aromatic carbocycles. The molecule has 19 heavy (non-hydrogen) atoms. The van der Waals surface area contributed by atoms with Crippen molar-refractivity contribution in [3.63, 3.8) is 0 Å². The van der Waals surface area contributed by atoms with Crippen molar-refractivity contribution < 1.29 is 0 Å². The topological polar surface area (TPSA) is 64.1 Å². The minimum absolute atomic E-state index is 0.319. The van der Waals surface area contributed by atoms with Gasteiger partial charge in [-0.05, 0) is 75.7 Å². The van der Waals surface area contributed by atoms with E-state index >= 15 is 0 Å². The van der Waals surface area contributed by atoms with Crippen LogP contribution in [0.25, 0.3) is 0 Å². The maximum absolute atomic E-state index is 6.24. The first-order chi connectivity index (χ1) is 9.19. The molecule has 3 nitrogen and oxygen atoms in total. The Morgan fingerprint density at radius 3 is 2.11 bits per heavy atom. The first-order valence-corrected chi connectivity index (χ1v) is 8.40. The molecule has 0 radical (unpaired) electrons. The second kappa shape index (κ2) is 5.71. The van der Waals surface area contributed by atoms with Crippen LogP contribution in [0, 0.1) is 17.8 Å². The lowest BCUT2D eigenvalue weighted by molar-refractivity contribution is -0.0201. The molecule has 0 saturated heterocycles. The van der Waals surface area contributed by atoms with E-state index < -0.39 is 0 Å². The maximum Gasteiger partial charge on any atom is 0.0190 e. The van der Waals surface area contributed by atoms with Crippen LogP contribution in [-0.2, 0) is 0 Å². The SMILES string of the molecule is NCCCCC(N)CNC12CC3CC(CC(C3)C1)C2. The van der Waals surface area contributed by atoms with Crippen LogP contribution < -0.4 is 16.8 Å². The molecule has 3 heteroatoms. The first-order valence-electron chi connectivity index (χ1n) is 8.40. The van der Waals surface area contributed by atoms with Gasteiger partial charge in [0.2, 0.25) is 0 Å². The third-order valence-electron chi connectivity index (χ3n) is 5.81. The summed E-state index contributed by atoms with van der Waals surface area (Å²) >= 11 is 0. The molecule has 0 amide bonds. The summed E-state index contributed by atoms with van der Waals surface area (Å²) in [7, 11) is 0. The van der Waals surface area contributed by atoms with Crippen LogP contribution in [-0.4, -0.2) is 24.7 Å². The highest BCUT2D eigenvalue weighted by molar-refractivity contribution is 5.06. The van der Waals surface area contributed by atoms with Crippen molar-refractivity contribution >= 4 is 0 Å². The van der Waals surface area contributed by atoms with E-state index in [1.54, 1.807) is 0 Å². The molecular formula is C16H31N3. The van der Waals surface area contributed by atoms with E-state index in [1.807, 2.05) is 0 Å². The molecule has 1 unspecified atom stereocenters. The predicted octanol–water partition coefficient (Wildman–Crippen LogP) is 2.00. The summed E-state index contributed by atoms with van der Waals surface area (Å²) in [5.41, 5.74) is 12.2. The fourth-order valence-electron chi connectivity index (χ4n) is 5.33. The van der Waals surface area contributed by atoms with Gasteiger partial charge in [0, 0.05) is 18.1 Å². The van der Waals surface area contributed by atoms with Gasteiger partial charge in [0.25, 0.3) is 0 Å². The van der Waals surface area contributed by atoms with Gasteiger partial charge in [0.1, 0.15) is 0 Å². The number of hydrogen-bond donors (Lipinski definition) is 3. The van der Waals surface area contributed by atoms with E-state index in [4.69, 9.17) is 11.5 Å². The van der Waals surface area contributed by atoms with Crippen molar-refractivity contribution in [2.45, 2.75) is 69.4 Å². The summed E-state index contributed by atoms with van der Waals surface area (Å²) in [6.07, 6.45) is 12.2.